The first-order valence-corrected chi connectivity index (χ1v) is 7.54. The summed E-state index contributed by atoms with van der Waals surface area (Å²) in [5, 5.41) is 0. The van der Waals surface area contributed by atoms with Gasteiger partial charge in [0.1, 0.15) is 0 Å². The number of halogens is 2. The summed E-state index contributed by atoms with van der Waals surface area (Å²) in [4.78, 5) is 2.11. The third kappa shape index (κ3) is 3.62. The minimum atomic E-state index is -2.47. The monoisotopic (exact) mass is 282 g/mol. The molecule has 1 aliphatic heterocycles. The molecule has 1 aromatic carbocycles. The number of nitrogens with zero attached hydrogens (tertiary/aromatic N) is 1. The zero-order valence-corrected chi connectivity index (χ0v) is 12.1. The summed E-state index contributed by atoms with van der Waals surface area (Å²) in [6, 6.07) is 4.88. The number of alkyl halides is 2. The summed E-state index contributed by atoms with van der Waals surface area (Å²) in [7, 11) is 0. The Bertz CT molecular complexity index is 434. The smallest absolute Gasteiger partial charge is 0.265 e. The topological polar surface area (TPSA) is 29.3 Å². The average Bonchev–Trinajstić information content (AvgIpc) is 2.65. The van der Waals surface area contributed by atoms with Crippen LogP contribution < -0.4 is 10.6 Å². The fourth-order valence-corrected chi connectivity index (χ4v) is 3.14. The van der Waals surface area contributed by atoms with E-state index in [4.69, 9.17) is 5.73 Å². The predicted molar refractivity (Wildman–Crippen MR) is 80.3 cm³/mol. The van der Waals surface area contributed by atoms with E-state index in [0.717, 1.165) is 31.8 Å². The highest BCUT2D eigenvalue weighted by molar-refractivity contribution is 5.60. The maximum absolute atomic E-state index is 13.2. The minimum Gasteiger partial charge on any atom is -0.399 e. The van der Waals surface area contributed by atoms with Crippen molar-refractivity contribution in [3.05, 3.63) is 23.8 Å². The van der Waals surface area contributed by atoms with Crippen LogP contribution in [-0.2, 0) is 0 Å². The molecule has 1 atom stereocenters. The number of hydrogen-bond donors (Lipinski definition) is 1. The van der Waals surface area contributed by atoms with Crippen molar-refractivity contribution in [2.75, 3.05) is 23.7 Å². The van der Waals surface area contributed by atoms with E-state index in [0.29, 0.717) is 11.4 Å². The summed E-state index contributed by atoms with van der Waals surface area (Å²) >= 11 is 0. The summed E-state index contributed by atoms with van der Waals surface area (Å²) in [6.45, 7) is 3.94. The Labute approximate surface area is 120 Å². The van der Waals surface area contributed by atoms with Crippen LogP contribution in [-0.4, -0.2) is 13.1 Å². The van der Waals surface area contributed by atoms with Gasteiger partial charge in [-0.05, 0) is 43.4 Å². The number of nitrogen functional groups attached to an aromatic ring is 1. The van der Waals surface area contributed by atoms with Crippen LogP contribution >= 0.6 is 0 Å². The van der Waals surface area contributed by atoms with E-state index in [2.05, 4.69) is 11.8 Å². The first kappa shape index (κ1) is 15.1. The number of anilines is 2. The van der Waals surface area contributed by atoms with Gasteiger partial charge in [0.05, 0.1) is 0 Å². The van der Waals surface area contributed by atoms with E-state index in [1.54, 1.807) is 12.1 Å². The van der Waals surface area contributed by atoms with E-state index < -0.39 is 6.43 Å². The molecule has 0 amide bonds. The summed E-state index contributed by atoms with van der Waals surface area (Å²) in [5.74, 6) is 0.744. The van der Waals surface area contributed by atoms with Gasteiger partial charge in [0, 0.05) is 30.0 Å². The molecule has 1 aliphatic rings. The van der Waals surface area contributed by atoms with Gasteiger partial charge in [-0.25, -0.2) is 8.78 Å². The lowest BCUT2D eigenvalue weighted by molar-refractivity contribution is 0.152. The highest BCUT2D eigenvalue weighted by Gasteiger charge is 2.21. The molecule has 0 aromatic heterocycles. The van der Waals surface area contributed by atoms with Crippen molar-refractivity contribution in [3.63, 3.8) is 0 Å². The number of benzene rings is 1. The van der Waals surface area contributed by atoms with Crippen molar-refractivity contribution in [2.24, 2.45) is 5.92 Å². The van der Waals surface area contributed by atoms with Crippen LogP contribution in [0.1, 0.15) is 51.0 Å². The van der Waals surface area contributed by atoms with Gasteiger partial charge in [-0.2, -0.15) is 0 Å². The molecule has 0 bridgehead atoms. The molecular formula is C16H24F2N2. The zero-order valence-electron chi connectivity index (χ0n) is 12.1. The van der Waals surface area contributed by atoms with Gasteiger partial charge in [-0.15, -0.1) is 0 Å². The standard InChI is InChI=1S/C16H24F2N2/c1-2-4-12-5-3-9-20(10-8-12)15-7-6-13(19)11-14(15)16(17)18/h6-7,11-12,16H,2-5,8-10,19H2,1H3. The van der Waals surface area contributed by atoms with Gasteiger partial charge in [0.2, 0.25) is 0 Å². The molecule has 2 rings (SSSR count). The third-order valence-electron chi connectivity index (χ3n) is 4.17. The van der Waals surface area contributed by atoms with Gasteiger partial charge < -0.3 is 10.6 Å². The molecule has 2 nitrogen and oxygen atoms in total. The quantitative estimate of drug-likeness (QED) is 0.817. The second kappa shape index (κ2) is 6.91. The maximum Gasteiger partial charge on any atom is 0.265 e. The molecule has 0 saturated carbocycles. The van der Waals surface area contributed by atoms with Gasteiger partial charge in [-0.3, -0.25) is 0 Å². The van der Waals surface area contributed by atoms with Crippen LogP contribution in [0.5, 0.6) is 0 Å². The first-order chi connectivity index (χ1) is 9.61. The zero-order chi connectivity index (χ0) is 14.5. The lowest BCUT2D eigenvalue weighted by Gasteiger charge is -2.25. The largest absolute Gasteiger partial charge is 0.399 e. The predicted octanol–water partition coefficient (Wildman–Crippen LogP) is 4.61. The fraction of sp³-hybridized carbons (Fsp3) is 0.625. The highest BCUT2D eigenvalue weighted by atomic mass is 19.3. The molecule has 1 heterocycles. The summed E-state index contributed by atoms with van der Waals surface area (Å²) < 4.78 is 26.4. The Morgan fingerprint density at radius 3 is 2.80 bits per heavy atom. The maximum atomic E-state index is 13.2. The molecule has 0 radical (unpaired) electrons. The summed E-state index contributed by atoms with van der Waals surface area (Å²) in [5.41, 5.74) is 6.77. The lowest BCUT2D eigenvalue weighted by Crippen LogP contribution is -2.25. The summed E-state index contributed by atoms with van der Waals surface area (Å²) in [6.07, 6.45) is 3.37. The molecule has 20 heavy (non-hydrogen) atoms. The van der Waals surface area contributed by atoms with Gasteiger partial charge in [0.25, 0.3) is 6.43 Å². The van der Waals surface area contributed by atoms with Gasteiger partial charge in [0.15, 0.2) is 0 Å². The highest BCUT2D eigenvalue weighted by Crippen LogP contribution is 2.34. The van der Waals surface area contributed by atoms with E-state index in [-0.39, 0.29) is 5.56 Å². The Morgan fingerprint density at radius 1 is 1.30 bits per heavy atom. The van der Waals surface area contributed by atoms with Crippen molar-refractivity contribution < 1.29 is 8.78 Å². The third-order valence-corrected chi connectivity index (χ3v) is 4.17. The van der Waals surface area contributed by atoms with Crippen molar-refractivity contribution in [2.45, 2.75) is 45.5 Å². The second-order valence-corrected chi connectivity index (χ2v) is 5.69. The van der Waals surface area contributed by atoms with Crippen LogP contribution in [0.2, 0.25) is 0 Å². The van der Waals surface area contributed by atoms with Crippen molar-refractivity contribution in [3.8, 4) is 0 Å². The molecule has 2 N–H and O–H groups in total. The van der Waals surface area contributed by atoms with Crippen LogP contribution in [0.3, 0.4) is 0 Å². The average molecular weight is 282 g/mol. The van der Waals surface area contributed by atoms with Crippen LogP contribution in [0.4, 0.5) is 20.2 Å². The fourth-order valence-electron chi connectivity index (χ4n) is 3.14. The van der Waals surface area contributed by atoms with Crippen LogP contribution in [0.25, 0.3) is 0 Å². The Kier molecular flexibility index (Phi) is 5.21. The van der Waals surface area contributed by atoms with Crippen molar-refractivity contribution in [1.82, 2.24) is 0 Å². The molecule has 112 valence electrons. The van der Waals surface area contributed by atoms with Gasteiger partial charge >= 0.3 is 0 Å². The molecule has 0 spiro atoms. The van der Waals surface area contributed by atoms with Crippen molar-refractivity contribution >= 4 is 11.4 Å². The molecular weight excluding hydrogens is 258 g/mol. The van der Waals surface area contributed by atoms with E-state index >= 15 is 0 Å². The molecule has 1 unspecified atom stereocenters. The normalized spacial score (nSPS) is 20.2. The molecule has 1 saturated heterocycles. The number of hydrogen-bond acceptors (Lipinski definition) is 2. The van der Waals surface area contributed by atoms with Crippen molar-refractivity contribution in [1.29, 1.82) is 0 Å². The van der Waals surface area contributed by atoms with Gasteiger partial charge in [-0.1, -0.05) is 19.8 Å². The van der Waals surface area contributed by atoms with Crippen LogP contribution in [0, 0.1) is 5.92 Å². The number of nitrogens with two attached hydrogens (primary N) is 1. The number of rotatable bonds is 4. The molecule has 1 aromatic rings. The molecule has 4 heteroatoms. The SMILES string of the molecule is CCCC1CCCN(c2ccc(N)cc2C(F)F)CC1. The molecule has 1 fully saturated rings. The minimum absolute atomic E-state index is 0.0685. The van der Waals surface area contributed by atoms with Crippen LogP contribution in [0.15, 0.2) is 18.2 Å². The lowest BCUT2D eigenvalue weighted by atomic mass is 9.96. The first-order valence-electron chi connectivity index (χ1n) is 7.54. The van der Waals surface area contributed by atoms with E-state index in [1.165, 1.54) is 25.3 Å². The molecule has 0 aliphatic carbocycles. The Balaban J connectivity index is 2.15. The van der Waals surface area contributed by atoms with E-state index in [1.807, 2.05) is 0 Å². The Hall–Kier alpha value is -1.32. The Morgan fingerprint density at radius 2 is 2.10 bits per heavy atom. The van der Waals surface area contributed by atoms with E-state index in [9.17, 15) is 8.78 Å². The second-order valence-electron chi connectivity index (χ2n) is 5.69.